The highest BCUT2D eigenvalue weighted by molar-refractivity contribution is 5.50. The zero-order valence-electron chi connectivity index (χ0n) is 22.7. The zero-order valence-corrected chi connectivity index (χ0v) is 22.7. The quantitative estimate of drug-likeness (QED) is 0.518. The average Bonchev–Trinajstić information content (AvgIpc) is 2.72. The molecule has 2 aromatic carbocycles. The number of hydrogen-bond donors (Lipinski definition) is 2. The Kier molecular flexibility index (Phi) is 8.89. The summed E-state index contributed by atoms with van der Waals surface area (Å²) in [4.78, 5) is 4.34. The first-order valence-electron chi connectivity index (χ1n) is 11.8. The van der Waals surface area contributed by atoms with Crippen LogP contribution in [0.1, 0.15) is 63.8 Å². The lowest BCUT2D eigenvalue weighted by Gasteiger charge is -2.28. The van der Waals surface area contributed by atoms with Crippen LogP contribution >= 0.6 is 0 Å². The van der Waals surface area contributed by atoms with E-state index < -0.39 is 0 Å². The van der Waals surface area contributed by atoms with Crippen LogP contribution in [-0.2, 0) is 23.9 Å². The van der Waals surface area contributed by atoms with E-state index in [2.05, 4.69) is 51.3 Å². The molecule has 2 aromatic rings. The Hall–Kier alpha value is -2.44. The SMILES string of the molecule is COc1cc(CN(CCN(C)C)Cc2cc(OC)c(C(C)(C)C)cc2O)c(O)cc1C(C)(C)C. The normalized spacial score (nSPS) is 12.5. The molecule has 0 aliphatic rings. The minimum Gasteiger partial charge on any atom is -0.508 e. The van der Waals surface area contributed by atoms with E-state index in [1.54, 1.807) is 14.2 Å². The molecule has 0 bridgehead atoms. The first-order chi connectivity index (χ1) is 15.7. The molecule has 0 heterocycles. The standard InChI is InChI=1S/C28H44N2O4/c1-27(2,3)21-15-23(31)19(13-25(21)33-9)17-30(12-11-29(7)8)18-20-14-26(34-10)22(16-24(20)32)28(4,5)6/h13-16,31-32H,11-12,17-18H2,1-10H3. The van der Waals surface area contributed by atoms with Crippen molar-refractivity contribution >= 4 is 0 Å². The lowest BCUT2D eigenvalue weighted by atomic mass is 9.85. The van der Waals surface area contributed by atoms with Crippen LogP contribution < -0.4 is 9.47 Å². The van der Waals surface area contributed by atoms with Crippen molar-refractivity contribution in [1.82, 2.24) is 9.80 Å². The van der Waals surface area contributed by atoms with Crippen molar-refractivity contribution in [3.8, 4) is 23.0 Å². The molecule has 0 atom stereocenters. The Morgan fingerprint density at radius 2 is 1.06 bits per heavy atom. The van der Waals surface area contributed by atoms with Gasteiger partial charge < -0.3 is 24.6 Å². The molecule has 2 N–H and O–H groups in total. The first-order valence-corrected chi connectivity index (χ1v) is 11.8. The smallest absolute Gasteiger partial charge is 0.123 e. The van der Waals surface area contributed by atoms with Crippen LogP contribution in [0.15, 0.2) is 24.3 Å². The van der Waals surface area contributed by atoms with Gasteiger partial charge >= 0.3 is 0 Å². The van der Waals surface area contributed by atoms with Gasteiger partial charge in [-0.1, -0.05) is 41.5 Å². The lowest BCUT2D eigenvalue weighted by molar-refractivity contribution is 0.221. The van der Waals surface area contributed by atoms with Crippen LogP contribution in [0.4, 0.5) is 0 Å². The molecule has 0 spiro atoms. The fourth-order valence-corrected chi connectivity index (χ4v) is 4.02. The number of hydrogen-bond acceptors (Lipinski definition) is 6. The van der Waals surface area contributed by atoms with Crippen LogP contribution in [0.5, 0.6) is 23.0 Å². The van der Waals surface area contributed by atoms with Gasteiger partial charge in [0.25, 0.3) is 0 Å². The lowest BCUT2D eigenvalue weighted by Crippen LogP contribution is -2.31. The zero-order chi connectivity index (χ0) is 25.8. The van der Waals surface area contributed by atoms with Crippen LogP contribution in [0.25, 0.3) is 0 Å². The average molecular weight is 473 g/mol. The minimum atomic E-state index is -0.150. The fraction of sp³-hybridized carbons (Fsp3) is 0.571. The Morgan fingerprint density at radius 1 is 0.676 bits per heavy atom. The molecule has 6 nitrogen and oxygen atoms in total. The monoisotopic (exact) mass is 472 g/mol. The van der Waals surface area contributed by atoms with Crippen molar-refractivity contribution in [1.29, 1.82) is 0 Å². The van der Waals surface area contributed by atoms with Gasteiger partial charge in [-0.3, -0.25) is 4.90 Å². The van der Waals surface area contributed by atoms with E-state index in [4.69, 9.17) is 9.47 Å². The summed E-state index contributed by atoms with van der Waals surface area (Å²) in [7, 11) is 7.40. The Labute approximate surface area is 206 Å². The summed E-state index contributed by atoms with van der Waals surface area (Å²) >= 11 is 0. The number of phenolic OH excluding ortho intramolecular Hbond substituents is 2. The van der Waals surface area contributed by atoms with Crippen LogP contribution in [0.2, 0.25) is 0 Å². The Balaban J connectivity index is 2.43. The van der Waals surface area contributed by atoms with Crippen molar-refractivity contribution in [2.24, 2.45) is 0 Å². The second-order valence-electron chi connectivity index (χ2n) is 11.4. The highest BCUT2D eigenvalue weighted by atomic mass is 16.5. The van der Waals surface area contributed by atoms with Crippen molar-refractivity contribution in [2.45, 2.75) is 65.5 Å². The molecule has 0 radical (unpaired) electrons. The number of phenols is 2. The first kappa shape index (κ1) is 27.8. The summed E-state index contributed by atoms with van der Waals surface area (Å²) in [6, 6.07) is 7.50. The van der Waals surface area contributed by atoms with Gasteiger partial charge in [-0.15, -0.1) is 0 Å². The van der Waals surface area contributed by atoms with E-state index in [0.29, 0.717) is 13.1 Å². The van der Waals surface area contributed by atoms with Gasteiger partial charge in [-0.25, -0.2) is 0 Å². The highest BCUT2D eigenvalue weighted by Crippen LogP contribution is 2.38. The number of ether oxygens (including phenoxy) is 2. The van der Waals surface area contributed by atoms with Crippen molar-refractivity contribution in [3.63, 3.8) is 0 Å². The molecule has 0 aromatic heterocycles. The third kappa shape index (κ3) is 7.03. The third-order valence-corrected chi connectivity index (χ3v) is 6.07. The van der Waals surface area contributed by atoms with Crippen molar-refractivity contribution in [3.05, 3.63) is 46.5 Å². The molecule has 190 valence electrons. The molecule has 0 aliphatic heterocycles. The maximum absolute atomic E-state index is 10.9. The predicted octanol–water partition coefficient (Wildman–Crippen LogP) is 5.27. The van der Waals surface area contributed by atoms with Crippen LogP contribution in [-0.4, -0.2) is 61.4 Å². The Bertz CT molecular complexity index is 898. The number of aromatic hydroxyl groups is 2. The molecule has 34 heavy (non-hydrogen) atoms. The van der Waals surface area contributed by atoms with Gasteiger partial charge in [0.15, 0.2) is 0 Å². The molecular formula is C28H44N2O4. The van der Waals surface area contributed by atoms with Crippen LogP contribution in [0.3, 0.4) is 0 Å². The third-order valence-electron chi connectivity index (χ3n) is 6.07. The highest BCUT2D eigenvalue weighted by Gasteiger charge is 2.24. The summed E-state index contributed by atoms with van der Waals surface area (Å²) in [6.45, 7) is 15.3. The summed E-state index contributed by atoms with van der Waals surface area (Å²) in [5, 5.41) is 21.7. The molecule has 0 saturated carbocycles. The van der Waals surface area contributed by atoms with Crippen molar-refractivity contribution in [2.75, 3.05) is 41.4 Å². The largest absolute Gasteiger partial charge is 0.508 e. The van der Waals surface area contributed by atoms with Gasteiger partial charge in [0.2, 0.25) is 0 Å². The molecule has 6 heteroatoms. The Morgan fingerprint density at radius 3 is 1.35 bits per heavy atom. The number of benzene rings is 2. The van der Waals surface area contributed by atoms with Gasteiger partial charge in [0.1, 0.15) is 23.0 Å². The molecule has 0 saturated heterocycles. The van der Waals surface area contributed by atoms with E-state index in [1.165, 1.54) is 0 Å². The van der Waals surface area contributed by atoms with Crippen molar-refractivity contribution < 1.29 is 19.7 Å². The molecule has 0 unspecified atom stereocenters. The molecule has 0 amide bonds. The maximum Gasteiger partial charge on any atom is 0.123 e. The minimum absolute atomic E-state index is 0.150. The van der Waals surface area contributed by atoms with E-state index in [9.17, 15) is 10.2 Å². The second-order valence-corrected chi connectivity index (χ2v) is 11.4. The van der Waals surface area contributed by atoms with E-state index in [-0.39, 0.29) is 22.3 Å². The maximum atomic E-state index is 10.9. The van der Waals surface area contributed by atoms with E-state index in [0.717, 1.165) is 46.8 Å². The topological polar surface area (TPSA) is 65.4 Å². The van der Waals surface area contributed by atoms with Crippen LogP contribution in [0, 0.1) is 0 Å². The van der Waals surface area contributed by atoms with E-state index in [1.807, 2.05) is 38.4 Å². The molecule has 2 rings (SSSR count). The fourth-order valence-electron chi connectivity index (χ4n) is 4.02. The predicted molar refractivity (Wildman–Crippen MR) is 139 cm³/mol. The van der Waals surface area contributed by atoms with Gasteiger partial charge in [0, 0.05) is 48.4 Å². The number of rotatable bonds is 9. The summed E-state index contributed by atoms with van der Waals surface area (Å²) in [5.74, 6) is 2.05. The van der Waals surface area contributed by atoms with E-state index >= 15 is 0 Å². The number of methoxy groups -OCH3 is 2. The van der Waals surface area contributed by atoms with Gasteiger partial charge in [-0.2, -0.15) is 0 Å². The second kappa shape index (κ2) is 10.9. The number of nitrogens with zero attached hydrogens (tertiary/aromatic N) is 2. The molecule has 0 fully saturated rings. The summed E-state index contributed by atoms with van der Waals surface area (Å²) in [6.07, 6.45) is 0. The molecular weight excluding hydrogens is 428 g/mol. The van der Waals surface area contributed by atoms with Gasteiger partial charge in [-0.05, 0) is 49.2 Å². The number of likely N-dealkylation sites (N-methyl/N-ethyl adjacent to an activating group) is 1. The summed E-state index contributed by atoms with van der Waals surface area (Å²) < 4.78 is 11.3. The van der Waals surface area contributed by atoms with Gasteiger partial charge in [0.05, 0.1) is 14.2 Å². The molecule has 0 aliphatic carbocycles. The summed E-state index contributed by atoms with van der Waals surface area (Å²) in [5.41, 5.74) is 3.22.